The van der Waals surface area contributed by atoms with E-state index in [0.29, 0.717) is 25.7 Å². The predicted molar refractivity (Wildman–Crippen MR) is 64.9 cm³/mol. The minimum Gasteiger partial charge on any atom is -0.469 e. The van der Waals surface area contributed by atoms with E-state index < -0.39 is 10.0 Å². The maximum absolute atomic E-state index is 11.5. The molecule has 0 heterocycles. The van der Waals surface area contributed by atoms with Gasteiger partial charge in [-0.05, 0) is 25.7 Å². The first kappa shape index (κ1) is 14.2. The quantitative estimate of drug-likeness (QED) is 0.587. The summed E-state index contributed by atoms with van der Waals surface area (Å²) in [5, 5.41) is 0. The second-order valence-corrected chi connectivity index (χ2v) is 6.06. The van der Waals surface area contributed by atoms with Gasteiger partial charge in [0, 0.05) is 6.04 Å². The number of sulfonamides is 1. The Labute approximate surface area is 102 Å². The molecule has 1 saturated carbocycles. The maximum atomic E-state index is 11.5. The predicted octanol–water partition coefficient (Wildman–Crippen LogP) is 0.824. The third-order valence-corrected chi connectivity index (χ3v) is 4.31. The Balaban J connectivity index is 2.42. The summed E-state index contributed by atoms with van der Waals surface area (Å²) in [5.41, 5.74) is 0. The van der Waals surface area contributed by atoms with Gasteiger partial charge in [0.15, 0.2) is 0 Å². The van der Waals surface area contributed by atoms with Crippen LogP contribution in [-0.2, 0) is 19.6 Å². The highest BCUT2D eigenvalue weighted by atomic mass is 32.2. The van der Waals surface area contributed by atoms with Crippen molar-refractivity contribution in [1.29, 1.82) is 0 Å². The number of hydrogen-bond acceptors (Lipinski definition) is 4. The van der Waals surface area contributed by atoms with Crippen LogP contribution in [0, 0.1) is 5.92 Å². The van der Waals surface area contributed by atoms with E-state index in [2.05, 4.69) is 16.0 Å². The van der Waals surface area contributed by atoms with Gasteiger partial charge in [-0.25, -0.2) is 13.1 Å². The summed E-state index contributed by atoms with van der Waals surface area (Å²) in [4.78, 5) is 11.3. The standard InChI is InChI=1S/C11H19NO4S/c1-3-8-17(14,15)12-10-6-4-9(5-7-10)11(13)16-2/h3,9-10,12H,1,4-8H2,2H3. The van der Waals surface area contributed by atoms with Crippen LogP contribution in [0.1, 0.15) is 25.7 Å². The van der Waals surface area contributed by atoms with Crippen LogP contribution in [0.4, 0.5) is 0 Å². The number of methoxy groups -OCH3 is 1. The lowest BCUT2D eigenvalue weighted by Gasteiger charge is -2.27. The highest BCUT2D eigenvalue weighted by Gasteiger charge is 2.28. The number of esters is 1. The van der Waals surface area contributed by atoms with Gasteiger partial charge >= 0.3 is 5.97 Å². The fourth-order valence-electron chi connectivity index (χ4n) is 2.07. The molecule has 0 aliphatic heterocycles. The average molecular weight is 261 g/mol. The van der Waals surface area contributed by atoms with Gasteiger partial charge in [0.05, 0.1) is 18.8 Å². The molecule has 1 rings (SSSR count). The SMILES string of the molecule is C=CCS(=O)(=O)NC1CCC(C(=O)OC)CC1. The summed E-state index contributed by atoms with van der Waals surface area (Å²) in [6.45, 7) is 3.40. The van der Waals surface area contributed by atoms with Gasteiger partial charge in [-0.2, -0.15) is 0 Å². The van der Waals surface area contributed by atoms with Crippen molar-refractivity contribution in [1.82, 2.24) is 4.72 Å². The van der Waals surface area contributed by atoms with E-state index in [1.54, 1.807) is 0 Å². The molecule has 17 heavy (non-hydrogen) atoms. The van der Waals surface area contributed by atoms with Crippen molar-refractivity contribution in [3.63, 3.8) is 0 Å². The highest BCUT2D eigenvalue weighted by Crippen LogP contribution is 2.25. The molecule has 0 unspecified atom stereocenters. The van der Waals surface area contributed by atoms with Gasteiger partial charge in [0.25, 0.3) is 0 Å². The molecular formula is C11H19NO4S. The van der Waals surface area contributed by atoms with Crippen LogP contribution in [0.25, 0.3) is 0 Å². The van der Waals surface area contributed by atoms with Gasteiger partial charge in [-0.15, -0.1) is 6.58 Å². The molecule has 0 spiro atoms. The largest absolute Gasteiger partial charge is 0.469 e. The summed E-state index contributed by atoms with van der Waals surface area (Å²) in [6, 6.07) is -0.0687. The van der Waals surface area contributed by atoms with Crippen molar-refractivity contribution in [3.8, 4) is 0 Å². The number of rotatable bonds is 5. The zero-order chi connectivity index (χ0) is 12.9. The molecule has 0 aromatic carbocycles. The Kier molecular flexibility index (Phi) is 5.14. The molecule has 0 atom stereocenters. The summed E-state index contributed by atoms with van der Waals surface area (Å²) < 4.78 is 30.3. The molecule has 1 aliphatic rings. The molecule has 5 nitrogen and oxygen atoms in total. The average Bonchev–Trinajstić information content (AvgIpc) is 2.28. The number of carbonyl (C=O) groups is 1. The van der Waals surface area contributed by atoms with Crippen LogP contribution >= 0.6 is 0 Å². The first-order valence-electron chi connectivity index (χ1n) is 5.67. The Morgan fingerprint density at radius 2 is 2.00 bits per heavy atom. The molecule has 0 bridgehead atoms. The first-order valence-corrected chi connectivity index (χ1v) is 7.32. The zero-order valence-corrected chi connectivity index (χ0v) is 10.8. The normalized spacial score (nSPS) is 25.2. The number of hydrogen-bond donors (Lipinski definition) is 1. The molecule has 1 N–H and O–H groups in total. The van der Waals surface area contributed by atoms with Crippen LogP contribution in [0.2, 0.25) is 0 Å². The molecule has 98 valence electrons. The van der Waals surface area contributed by atoms with E-state index >= 15 is 0 Å². The smallest absolute Gasteiger partial charge is 0.308 e. The summed E-state index contributed by atoms with van der Waals surface area (Å²) in [7, 11) is -1.88. The molecule has 1 aliphatic carbocycles. The first-order chi connectivity index (χ1) is 7.98. The van der Waals surface area contributed by atoms with Crippen molar-refractivity contribution in [2.24, 2.45) is 5.92 Å². The second-order valence-electron chi connectivity index (χ2n) is 4.26. The third kappa shape index (κ3) is 4.47. The molecule has 0 radical (unpaired) electrons. The minimum atomic E-state index is -3.26. The minimum absolute atomic E-state index is 0.0655. The lowest BCUT2D eigenvalue weighted by Crippen LogP contribution is -2.39. The van der Waals surface area contributed by atoms with E-state index in [0.717, 1.165) is 0 Å². The van der Waals surface area contributed by atoms with Crippen LogP contribution < -0.4 is 4.72 Å². The lowest BCUT2D eigenvalue weighted by atomic mass is 9.86. The van der Waals surface area contributed by atoms with Crippen molar-refractivity contribution in [3.05, 3.63) is 12.7 Å². The van der Waals surface area contributed by atoms with Crippen molar-refractivity contribution >= 4 is 16.0 Å². The van der Waals surface area contributed by atoms with Gasteiger partial charge in [-0.1, -0.05) is 6.08 Å². The Morgan fingerprint density at radius 3 is 2.47 bits per heavy atom. The van der Waals surface area contributed by atoms with E-state index in [1.165, 1.54) is 13.2 Å². The monoisotopic (exact) mass is 261 g/mol. The van der Waals surface area contributed by atoms with Gasteiger partial charge in [0.1, 0.15) is 0 Å². The summed E-state index contributed by atoms with van der Waals surface area (Å²) >= 11 is 0. The molecule has 0 amide bonds. The van der Waals surface area contributed by atoms with E-state index in [-0.39, 0.29) is 23.7 Å². The van der Waals surface area contributed by atoms with Crippen LogP contribution in [0.3, 0.4) is 0 Å². The maximum Gasteiger partial charge on any atom is 0.308 e. The lowest BCUT2D eigenvalue weighted by molar-refractivity contribution is -0.146. The van der Waals surface area contributed by atoms with Crippen LogP contribution in [0.5, 0.6) is 0 Å². The number of nitrogens with one attached hydrogen (secondary N) is 1. The van der Waals surface area contributed by atoms with Gasteiger partial charge in [0.2, 0.25) is 10.0 Å². The Hall–Kier alpha value is -0.880. The Bertz CT molecular complexity index is 369. The summed E-state index contributed by atoms with van der Waals surface area (Å²) in [6.07, 6.45) is 4.07. The fourth-order valence-corrected chi connectivity index (χ4v) is 3.22. The molecule has 0 aromatic heterocycles. The second kappa shape index (κ2) is 6.16. The Morgan fingerprint density at radius 1 is 1.41 bits per heavy atom. The molecule has 0 aromatic rings. The molecular weight excluding hydrogens is 242 g/mol. The van der Waals surface area contributed by atoms with E-state index in [4.69, 9.17) is 0 Å². The van der Waals surface area contributed by atoms with Gasteiger partial charge in [-0.3, -0.25) is 4.79 Å². The summed E-state index contributed by atoms with van der Waals surface area (Å²) in [5.74, 6) is -0.346. The van der Waals surface area contributed by atoms with Gasteiger partial charge < -0.3 is 4.74 Å². The number of ether oxygens (including phenoxy) is 1. The molecule has 1 fully saturated rings. The third-order valence-electron chi connectivity index (χ3n) is 2.95. The number of carbonyl (C=O) groups excluding carboxylic acids is 1. The topological polar surface area (TPSA) is 72.5 Å². The van der Waals surface area contributed by atoms with Crippen LogP contribution in [-0.4, -0.2) is 33.3 Å². The fraction of sp³-hybridized carbons (Fsp3) is 0.727. The van der Waals surface area contributed by atoms with Crippen molar-refractivity contribution in [2.75, 3.05) is 12.9 Å². The van der Waals surface area contributed by atoms with Crippen molar-refractivity contribution in [2.45, 2.75) is 31.7 Å². The van der Waals surface area contributed by atoms with Crippen molar-refractivity contribution < 1.29 is 17.9 Å². The van der Waals surface area contributed by atoms with E-state index in [9.17, 15) is 13.2 Å². The van der Waals surface area contributed by atoms with Crippen LogP contribution in [0.15, 0.2) is 12.7 Å². The highest BCUT2D eigenvalue weighted by molar-refractivity contribution is 7.89. The molecule has 0 saturated heterocycles. The van der Waals surface area contributed by atoms with E-state index in [1.807, 2.05) is 0 Å². The zero-order valence-electron chi connectivity index (χ0n) is 10.0. The molecule has 6 heteroatoms.